The molecule has 3 aromatic rings. The number of esters is 1. The van der Waals surface area contributed by atoms with Crippen molar-refractivity contribution in [3.8, 4) is 11.4 Å². The van der Waals surface area contributed by atoms with Crippen molar-refractivity contribution < 1.29 is 14.3 Å². The molecule has 2 aromatic heterocycles. The van der Waals surface area contributed by atoms with Crippen LogP contribution in [-0.2, 0) is 29.4 Å². The van der Waals surface area contributed by atoms with Gasteiger partial charge in [-0.15, -0.1) is 21.5 Å². The molecule has 7 nitrogen and oxygen atoms in total. The number of hydrogen-bond donors (Lipinski definition) is 1. The van der Waals surface area contributed by atoms with Crippen molar-refractivity contribution in [3.05, 3.63) is 45.8 Å². The molecule has 1 aliphatic carbocycles. The molecule has 1 aromatic carbocycles. The number of nitrogens with zero attached hydrogens (tertiary/aromatic N) is 3. The van der Waals surface area contributed by atoms with Gasteiger partial charge in [0.1, 0.15) is 5.00 Å². The summed E-state index contributed by atoms with van der Waals surface area (Å²) in [5.41, 5.74) is 3.69. The second kappa shape index (κ2) is 9.87. The molecular formula is C23H26N4O3S2. The highest BCUT2D eigenvalue weighted by molar-refractivity contribution is 7.99. The SMILES string of the molecule is COC(=O)c1c(NC(=O)CSc2nnc(-c3ccccc3C)n2C)sc2c1CCCCC2. The Hall–Kier alpha value is -2.65. The highest BCUT2D eigenvalue weighted by atomic mass is 32.2. The Morgan fingerprint density at radius 2 is 1.97 bits per heavy atom. The summed E-state index contributed by atoms with van der Waals surface area (Å²) < 4.78 is 6.91. The summed E-state index contributed by atoms with van der Waals surface area (Å²) in [7, 11) is 3.28. The molecule has 0 saturated carbocycles. The summed E-state index contributed by atoms with van der Waals surface area (Å²) in [6.07, 6.45) is 5.10. The Bertz CT molecular complexity index is 1150. The van der Waals surface area contributed by atoms with Gasteiger partial charge in [-0.1, -0.05) is 42.4 Å². The maximum atomic E-state index is 12.7. The number of carbonyl (C=O) groups excluding carboxylic acids is 2. The standard InChI is InChI=1S/C23H26N4O3S2/c1-14-9-7-8-10-15(14)20-25-26-23(27(20)2)31-13-18(28)24-21-19(22(29)30-3)16-11-5-4-6-12-17(16)32-21/h7-10H,4-6,11-13H2,1-3H3,(H,24,28). The summed E-state index contributed by atoms with van der Waals surface area (Å²) in [5, 5.41) is 12.8. The molecule has 4 rings (SSSR count). The zero-order chi connectivity index (χ0) is 22.7. The predicted molar refractivity (Wildman–Crippen MR) is 127 cm³/mol. The van der Waals surface area contributed by atoms with Gasteiger partial charge in [0.2, 0.25) is 5.91 Å². The fraction of sp³-hybridized carbons (Fsp3) is 0.391. The summed E-state index contributed by atoms with van der Waals surface area (Å²) in [6, 6.07) is 8.00. The van der Waals surface area contributed by atoms with E-state index in [0.29, 0.717) is 15.7 Å². The lowest BCUT2D eigenvalue weighted by atomic mass is 10.1. The fourth-order valence-corrected chi connectivity index (χ4v) is 5.95. The molecule has 0 radical (unpaired) electrons. The molecule has 0 spiro atoms. The lowest BCUT2D eigenvalue weighted by Crippen LogP contribution is -2.16. The first kappa shape index (κ1) is 22.5. The van der Waals surface area contributed by atoms with E-state index >= 15 is 0 Å². The molecule has 0 saturated heterocycles. The minimum atomic E-state index is -0.386. The summed E-state index contributed by atoms with van der Waals surface area (Å²) in [5.74, 6) is 0.365. The molecule has 9 heteroatoms. The molecule has 1 amide bonds. The minimum absolute atomic E-state index is 0.170. The predicted octanol–water partition coefficient (Wildman–Crippen LogP) is 4.64. The van der Waals surface area contributed by atoms with E-state index in [9.17, 15) is 9.59 Å². The Kier molecular flexibility index (Phi) is 6.95. The largest absolute Gasteiger partial charge is 0.465 e. The first-order valence-electron chi connectivity index (χ1n) is 10.6. The third-order valence-electron chi connectivity index (χ3n) is 5.62. The number of aryl methyl sites for hydroxylation is 2. The number of thiophene rings is 1. The number of nitrogens with one attached hydrogen (secondary N) is 1. The first-order chi connectivity index (χ1) is 15.5. The van der Waals surface area contributed by atoms with Crippen LogP contribution in [0.2, 0.25) is 0 Å². The van der Waals surface area contributed by atoms with E-state index in [2.05, 4.69) is 15.5 Å². The van der Waals surface area contributed by atoms with Crippen molar-refractivity contribution in [1.82, 2.24) is 14.8 Å². The molecular weight excluding hydrogens is 444 g/mol. The highest BCUT2D eigenvalue weighted by Gasteiger charge is 2.26. The molecule has 2 heterocycles. The highest BCUT2D eigenvalue weighted by Crippen LogP contribution is 2.38. The van der Waals surface area contributed by atoms with Crippen LogP contribution in [0.3, 0.4) is 0 Å². The lowest BCUT2D eigenvalue weighted by Gasteiger charge is -2.08. The summed E-state index contributed by atoms with van der Waals surface area (Å²) >= 11 is 2.82. The monoisotopic (exact) mass is 470 g/mol. The minimum Gasteiger partial charge on any atom is -0.465 e. The number of fused-ring (bicyclic) bond motifs is 1. The van der Waals surface area contributed by atoms with Gasteiger partial charge in [0.05, 0.1) is 18.4 Å². The molecule has 32 heavy (non-hydrogen) atoms. The van der Waals surface area contributed by atoms with Crippen molar-refractivity contribution >= 4 is 40.0 Å². The van der Waals surface area contributed by atoms with Crippen molar-refractivity contribution in [2.45, 2.75) is 44.2 Å². The normalized spacial score (nSPS) is 13.3. The van der Waals surface area contributed by atoms with Gasteiger partial charge in [0, 0.05) is 17.5 Å². The zero-order valence-electron chi connectivity index (χ0n) is 18.4. The molecule has 0 atom stereocenters. The molecule has 0 bridgehead atoms. The topological polar surface area (TPSA) is 86.1 Å². The molecule has 0 aliphatic heterocycles. The lowest BCUT2D eigenvalue weighted by molar-refractivity contribution is -0.113. The smallest absolute Gasteiger partial charge is 0.341 e. The number of hydrogen-bond acceptors (Lipinski definition) is 7. The van der Waals surface area contributed by atoms with Crippen LogP contribution in [0.5, 0.6) is 0 Å². The summed E-state index contributed by atoms with van der Waals surface area (Å²) in [4.78, 5) is 26.4. The van der Waals surface area contributed by atoms with Gasteiger partial charge in [-0.3, -0.25) is 4.79 Å². The molecule has 0 fully saturated rings. The van der Waals surface area contributed by atoms with Gasteiger partial charge >= 0.3 is 5.97 Å². The molecule has 1 N–H and O–H groups in total. The van der Waals surface area contributed by atoms with Crippen LogP contribution < -0.4 is 5.32 Å². The van der Waals surface area contributed by atoms with Crippen LogP contribution in [0.25, 0.3) is 11.4 Å². The van der Waals surface area contributed by atoms with Gasteiger partial charge in [0.25, 0.3) is 0 Å². The van der Waals surface area contributed by atoms with Crippen LogP contribution in [0, 0.1) is 6.92 Å². The number of amides is 1. The summed E-state index contributed by atoms with van der Waals surface area (Å²) in [6.45, 7) is 2.03. The second-order valence-corrected chi connectivity index (χ2v) is 9.82. The van der Waals surface area contributed by atoms with Gasteiger partial charge in [-0.25, -0.2) is 4.79 Å². The number of aromatic nitrogens is 3. The quantitative estimate of drug-likeness (QED) is 0.321. The number of rotatable bonds is 6. The van der Waals surface area contributed by atoms with Gasteiger partial charge in [-0.05, 0) is 43.7 Å². The number of benzene rings is 1. The van der Waals surface area contributed by atoms with Crippen molar-refractivity contribution in [1.29, 1.82) is 0 Å². The third kappa shape index (κ3) is 4.59. The van der Waals surface area contributed by atoms with Crippen LogP contribution >= 0.6 is 23.1 Å². The number of thioether (sulfide) groups is 1. The van der Waals surface area contributed by atoms with E-state index in [1.165, 1.54) is 35.1 Å². The number of anilines is 1. The maximum absolute atomic E-state index is 12.7. The van der Waals surface area contributed by atoms with Crippen LogP contribution in [-0.4, -0.2) is 39.5 Å². The Balaban J connectivity index is 1.47. The van der Waals surface area contributed by atoms with Crippen molar-refractivity contribution in [2.75, 3.05) is 18.2 Å². The Labute approximate surface area is 195 Å². The molecule has 0 unspecified atom stereocenters. The van der Waals surface area contributed by atoms with Crippen molar-refractivity contribution in [2.24, 2.45) is 7.05 Å². The molecule has 1 aliphatic rings. The van der Waals surface area contributed by atoms with E-state index in [1.807, 2.05) is 42.8 Å². The van der Waals surface area contributed by atoms with E-state index in [1.54, 1.807) is 0 Å². The van der Waals surface area contributed by atoms with Crippen molar-refractivity contribution in [3.63, 3.8) is 0 Å². The number of methoxy groups -OCH3 is 1. The van der Waals surface area contributed by atoms with Crippen LogP contribution in [0.1, 0.15) is 45.6 Å². The van der Waals surface area contributed by atoms with E-state index in [4.69, 9.17) is 4.74 Å². The average molecular weight is 471 g/mol. The maximum Gasteiger partial charge on any atom is 0.341 e. The Morgan fingerprint density at radius 3 is 2.75 bits per heavy atom. The molecule has 168 valence electrons. The van der Waals surface area contributed by atoms with Gasteiger partial charge in [0.15, 0.2) is 11.0 Å². The number of ether oxygens (including phenoxy) is 1. The van der Waals surface area contributed by atoms with Gasteiger partial charge < -0.3 is 14.6 Å². The van der Waals surface area contributed by atoms with E-state index < -0.39 is 0 Å². The van der Waals surface area contributed by atoms with Gasteiger partial charge in [-0.2, -0.15) is 0 Å². The third-order valence-corrected chi connectivity index (χ3v) is 7.84. The number of carbonyl (C=O) groups is 2. The fourth-order valence-electron chi connectivity index (χ4n) is 3.94. The van der Waals surface area contributed by atoms with E-state index in [0.717, 1.165) is 54.6 Å². The second-order valence-electron chi connectivity index (χ2n) is 7.78. The van der Waals surface area contributed by atoms with Crippen LogP contribution in [0.4, 0.5) is 5.00 Å². The van der Waals surface area contributed by atoms with E-state index in [-0.39, 0.29) is 17.6 Å². The van der Waals surface area contributed by atoms with Crippen LogP contribution in [0.15, 0.2) is 29.4 Å². The zero-order valence-corrected chi connectivity index (χ0v) is 20.1. The Morgan fingerprint density at radius 1 is 1.19 bits per heavy atom. The first-order valence-corrected chi connectivity index (χ1v) is 12.4. The average Bonchev–Trinajstić information content (AvgIpc) is 3.22.